The normalized spacial score (nSPS) is 17.1. The van der Waals surface area contributed by atoms with Crippen LogP contribution < -0.4 is 0 Å². The first-order valence-electron chi connectivity index (χ1n) is 9.11. The number of likely N-dealkylation sites (tertiary alicyclic amines) is 1. The largest absolute Gasteiger partial charge is 0.392 e. The number of aliphatic hydroxyl groups is 1. The lowest BCUT2D eigenvalue weighted by atomic mass is 9.97. The van der Waals surface area contributed by atoms with Crippen molar-refractivity contribution in [1.29, 1.82) is 0 Å². The molecular formula is C21H23N3O2. The molecule has 0 bridgehead atoms. The van der Waals surface area contributed by atoms with Crippen LogP contribution in [0, 0.1) is 5.92 Å². The molecule has 1 amide bonds. The van der Waals surface area contributed by atoms with E-state index in [0.29, 0.717) is 12.3 Å². The number of carbonyl (C=O) groups excluding carboxylic acids is 1. The third-order valence-electron chi connectivity index (χ3n) is 5.09. The van der Waals surface area contributed by atoms with Crippen LogP contribution in [0.15, 0.2) is 48.5 Å². The molecule has 5 nitrogen and oxygen atoms in total. The van der Waals surface area contributed by atoms with Crippen LogP contribution >= 0.6 is 0 Å². The van der Waals surface area contributed by atoms with Gasteiger partial charge in [-0.1, -0.05) is 36.4 Å². The summed E-state index contributed by atoms with van der Waals surface area (Å²) in [5.74, 6) is 1.34. The molecule has 0 saturated carbocycles. The highest BCUT2D eigenvalue weighted by Gasteiger charge is 2.26. The standard InChI is InChI=1S/C21H23N3O2/c25-14-17-5-3-4-15(11-17)10-16-8-9-24(13-16)21(26)12-20-22-18-6-1-2-7-19(18)23-20/h1-7,11,16,25H,8-10,12-14H2,(H,22,23). The highest BCUT2D eigenvalue weighted by molar-refractivity contribution is 5.80. The van der Waals surface area contributed by atoms with Crippen molar-refractivity contribution in [3.8, 4) is 0 Å². The van der Waals surface area contributed by atoms with Crippen molar-refractivity contribution < 1.29 is 9.90 Å². The average molecular weight is 349 g/mol. The number of imidazole rings is 1. The zero-order valence-corrected chi connectivity index (χ0v) is 14.7. The van der Waals surface area contributed by atoms with E-state index in [2.05, 4.69) is 22.1 Å². The van der Waals surface area contributed by atoms with Gasteiger partial charge in [-0.2, -0.15) is 0 Å². The van der Waals surface area contributed by atoms with Crippen molar-refractivity contribution in [1.82, 2.24) is 14.9 Å². The molecule has 4 rings (SSSR count). The number of aromatic amines is 1. The molecule has 1 atom stereocenters. The Hall–Kier alpha value is -2.66. The predicted octanol–water partition coefficient (Wildman–Crippen LogP) is 2.69. The number of hydrogen-bond donors (Lipinski definition) is 2. The molecule has 1 aliphatic rings. The fourth-order valence-electron chi connectivity index (χ4n) is 3.76. The van der Waals surface area contributed by atoms with Gasteiger partial charge >= 0.3 is 0 Å². The predicted molar refractivity (Wildman–Crippen MR) is 101 cm³/mol. The first-order valence-corrected chi connectivity index (χ1v) is 9.11. The van der Waals surface area contributed by atoms with Crippen molar-refractivity contribution >= 4 is 16.9 Å². The van der Waals surface area contributed by atoms with Crippen LogP contribution in [0.4, 0.5) is 0 Å². The molecule has 0 radical (unpaired) electrons. The van der Waals surface area contributed by atoms with Crippen LogP contribution in [0.25, 0.3) is 11.0 Å². The Morgan fingerprint density at radius 1 is 1.19 bits per heavy atom. The highest BCUT2D eigenvalue weighted by atomic mass is 16.3. The fourth-order valence-corrected chi connectivity index (χ4v) is 3.76. The molecule has 2 heterocycles. The van der Waals surface area contributed by atoms with Gasteiger partial charge in [0.25, 0.3) is 0 Å². The van der Waals surface area contributed by atoms with Gasteiger partial charge in [0.15, 0.2) is 0 Å². The summed E-state index contributed by atoms with van der Waals surface area (Å²) in [5, 5.41) is 9.27. The van der Waals surface area contributed by atoms with Crippen LogP contribution in [0.5, 0.6) is 0 Å². The summed E-state index contributed by atoms with van der Waals surface area (Å²) in [6, 6.07) is 15.9. The van der Waals surface area contributed by atoms with Gasteiger partial charge in [-0.05, 0) is 42.0 Å². The summed E-state index contributed by atoms with van der Waals surface area (Å²) in [7, 11) is 0. The number of para-hydroxylation sites is 2. The second-order valence-corrected chi connectivity index (χ2v) is 7.05. The maximum Gasteiger partial charge on any atom is 0.230 e. The second-order valence-electron chi connectivity index (χ2n) is 7.05. The quantitative estimate of drug-likeness (QED) is 0.744. The smallest absolute Gasteiger partial charge is 0.230 e. The van der Waals surface area contributed by atoms with Gasteiger partial charge in [-0.3, -0.25) is 4.79 Å². The first-order chi connectivity index (χ1) is 12.7. The number of H-pyrrole nitrogens is 1. The Kier molecular flexibility index (Phi) is 4.71. The fraction of sp³-hybridized carbons (Fsp3) is 0.333. The molecule has 0 spiro atoms. The molecule has 3 aromatic rings. The van der Waals surface area contributed by atoms with Crippen LogP contribution in [0.3, 0.4) is 0 Å². The Morgan fingerprint density at radius 3 is 2.88 bits per heavy atom. The number of aromatic nitrogens is 2. The van der Waals surface area contributed by atoms with Crippen molar-refractivity contribution in [2.45, 2.75) is 25.9 Å². The average Bonchev–Trinajstić information content (AvgIpc) is 3.28. The van der Waals surface area contributed by atoms with E-state index in [9.17, 15) is 9.90 Å². The Labute approximate surface area is 152 Å². The van der Waals surface area contributed by atoms with Crippen LogP contribution in [-0.2, 0) is 24.2 Å². The molecule has 1 aliphatic heterocycles. The monoisotopic (exact) mass is 349 g/mol. The summed E-state index contributed by atoms with van der Waals surface area (Å²) in [6.45, 7) is 1.67. The van der Waals surface area contributed by atoms with E-state index in [0.717, 1.165) is 48.4 Å². The topological polar surface area (TPSA) is 69.2 Å². The summed E-state index contributed by atoms with van der Waals surface area (Å²) in [4.78, 5) is 22.3. The van der Waals surface area contributed by atoms with Gasteiger partial charge in [-0.25, -0.2) is 4.98 Å². The highest BCUT2D eigenvalue weighted by Crippen LogP contribution is 2.22. The van der Waals surface area contributed by atoms with E-state index in [-0.39, 0.29) is 12.5 Å². The summed E-state index contributed by atoms with van der Waals surface area (Å²) < 4.78 is 0. The van der Waals surface area contributed by atoms with E-state index >= 15 is 0 Å². The van der Waals surface area contributed by atoms with Gasteiger partial charge in [0.2, 0.25) is 5.91 Å². The minimum atomic E-state index is 0.0701. The molecular weight excluding hydrogens is 326 g/mol. The molecule has 0 aliphatic carbocycles. The maximum atomic E-state index is 12.6. The van der Waals surface area contributed by atoms with Crippen molar-refractivity contribution in [2.75, 3.05) is 13.1 Å². The zero-order valence-electron chi connectivity index (χ0n) is 14.7. The first kappa shape index (κ1) is 16.8. The molecule has 1 aromatic heterocycles. The van der Waals surface area contributed by atoms with Gasteiger partial charge in [0.05, 0.1) is 24.1 Å². The molecule has 134 valence electrons. The molecule has 2 aromatic carbocycles. The summed E-state index contributed by atoms with van der Waals surface area (Å²) in [5.41, 5.74) is 4.04. The van der Waals surface area contributed by atoms with Crippen LogP contribution in [0.2, 0.25) is 0 Å². The zero-order chi connectivity index (χ0) is 17.9. The Balaban J connectivity index is 1.36. The van der Waals surface area contributed by atoms with E-state index in [1.54, 1.807) is 0 Å². The number of nitrogens with zero attached hydrogens (tertiary/aromatic N) is 2. The number of nitrogens with one attached hydrogen (secondary N) is 1. The lowest BCUT2D eigenvalue weighted by Crippen LogP contribution is -2.30. The van der Waals surface area contributed by atoms with Crippen molar-refractivity contribution in [3.05, 3.63) is 65.5 Å². The number of carbonyl (C=O) groups is 1. The molecule has 26 heavy (non-hydrogen) atoms. The molecule has 1 fully saturated rings. The van der Waals surface area contributed by atoms with Gasteiger partial charge in [0, 0.05) is 13.1 Å². The number of aliphatic hydroxyl groups excluding tert-OH is 1. The molecule has 1 saturated heterocycles. The number of hydrogen-bond acceptors (Lipinski definition) is 3. The number of amides is 1. The van der Waals surface area contributed by atoms with E-state index in [4.69, 9.17) is 0 Å². The van der Waals surface area contributed by atoms with Gasteiger partial charge in [-0.15, -0.1) is 0 Å². The van der Waals surface area contributed by atoms with Crippen molar-refractivity contribution in [3.63, 3.8) is 0 Å². The molecule has 1 unspecified atom stereocenters. The van der Waals surface area contributed by atoms with E-state index in [1.165, 1.54) is 5.56 Å². The summed E-state index contributed by atoms with van der Waals surface area (Å²) in [6.07, 6.45) is 2.29. The third-order valence-corrected chi connectivity index (χ3v) is 5.09. The lowest BCUT2D eigenvalue weighted by Gasteiger charge is -2.16. The molecule has 5 heteroatoms. The van der Waals surface area contributed by atoms with Crippen LogP contribution in [-0.4, -0.2) is 39.0 Å². The SMILES string of the molecule is O=C(Cc1nc2ccccc2[nH]1)N1CCC(Cc2cccc(CO)c2)C1. The minimum Gasteiger partial charge on any atom is -0.392 e. The maximum absolute atomic E-state index is 12.6. The second kappa shape index (κ2) is 7.30. The van der Waals surface area contributed by atoms with E-state index in [1.807, 2.05) is 41.3 Å². The van der Waals surface area contributed by atoms with E-state index < -0.39 is 0 Å². The van der Waals surface area contributed by atoms with Gasteiger partial charge in [0.1, 0.15) is 5.82 Å². The third kappa shape index (κ3) is 3.63. The molecule has 2 N–H and O–H groups in total. The number of rotatable bonds is 5. The minimum absolute atomic E-state index is 0.0701. The Bertz CT molecular complexity index is 885. The lowest BCUT2D eigenvalue weighted by molar-refractivity contribution is -0.129. The number of fused-ring (bicyclic) bond motifs is 1. The van der Waals surface area contributed by atoms with Crippen LogP contribution in [0.1, 0.15) is 23.4 Å². The van der Waals surface area contributed by atoms with Gasteiger partial charge < -0.3 is 15.0 Å². The van der Waals surface area contributed by atoms with Crippen molar-refractivity contribution in [2.24, 2.45) is 5.92 Å². The summed E-state index contributed by atoms with van der Waals surface area (Å²) >= 11 is 0. The number of benzene rings is 2. The Morgan fingerprint density at radius 2 is 2.04 bits per heavy atom.